The van der Waals surface area contributed by atoms with E-state index in [1.54, 1.807) is 14.2 Å². The molecule has 2 aliphatic heterocycles. The molecule has 0 bridgehead atoms. The molecular weight excluding hydrogens is 390 g/mol. The number of hydrogen-bond acceptors (Lipinski definition) is 6. The summed E-state index contributed by atoms with van der Waals surface area (Å²) < 4.78 is 17.3. The number of carbonyl (C=O) groups is 2. The average molecular weight is 413 g/mol. The topological polar surface area (TPSA) is 114 Å². The van der Waals surface area contributed by atoms with E-state index < -0.39 is 11.9 Å². The van der Waals surface area contributed by atoms with Crippen molar-refractivity contribution in [3.63, 3.8) is 0 Å². The molecule has 4 rings (SSSR count). The molecule has 1 aromatic rings. The van der Waals surface area contributed by atoms with E-state index in [9.17, 15) is 9.59 Å². The first kappa shape index (κ1) is 21.0. The third-order valence-corrected chi connectivity index (χ3v) is 4.99. The van der Waals surface area contributed by atoms with Gasteiger partial charge in [0.2, 0.25) is 0 Å². The first-order chi connectivity index (χ1) is 14.4. The van der Waals surface area contributed by atoms with E-state index >= 15 is 0 Å². The second kappa shape index (κ2) is 8.77. The lowest BCUT2D eigenvalue weighted by atomic mass is 9.79. The van der Waals surface area contributed by atoms with Crippen LogP contribution in [0.5, 0.6) is 5.75 Å². The third-order valence-electron chi connectivity index (χ3n) is 4.99. The van der Waals surface area contributed by atoms with Crippen LogP contribution in [0.1, 0.15) is 12.0 Å². The molecule has 0 aromatic heterocycles. The number of fused-ring (bicyclic) bond motifs is 3. The van der Waals surface area contributed by atoms with Gasteiger partial charge in [-0.2, -0.15) is 0 Å². The lowest BCUT2D eigenvalue weighted by molar-refractivity contribution is -0.134. The summed E-state index contributed by atoms with van der Waals surface area (Å²) in [5.41, 5.74) is 3.31. The molecule has 1 spiro atoms. The van der Waals surface area contributed by atoms with Gasteiger partial charge in [0.05, 0.1) is 20.8 Å². The monoisotopic (exact) mass is 413 g/mol. The number of rotatable bonds is 4. The Morgan fingerprint density at radius 1 is 1.13 bits per heavy atom. The smallest absolute Gasteiger partial charge is 0.328 e. The summed E-state index contributed by atoms with van der Waals surface area (Å²) in [6.07, 6.45) is 6.85. The van der Waals surface area contributed by atoms with Crippen LogP contribution in [0.25, 0.3) is 0 Å². The summed E-state index contributed by atoms with van der Waals surface area (Å²) in [5, 5.41) is 19.0. The minimum absolute atomic E-state index is 0.350. The summed E-state index contributed by atoms with van der Waals surface area (Å²) in [5.74, 6) is 0.106. The molecule has 1 atom stereocenters. The molecule has 0 radical (unpaired) electrons. The number of methoxy groups -OCH3 is 2. The van der Waals surface area contributed by atoms with Gasteiger partial charge in [-0.05, 0) is 23.3 Å². The lowest BCUT2D eigenvalue weighted by Gasteiger charge is -2.38. The molecule has 0 saturated heterocycles. The Morgan fingerprint density at radius 3 is 2.43 bits per heavy atom. The van der Waals surface area contributed by atoms with Crippen molar-refractivity contribution in [1.29, 1.82) is 0 Å². The summed E-state index contributed by atoms with van der Waals surface area (Å²) >= 11 is 0. The zero-order valence-electron chi connectivity index (χ0n) is 16.7. The second-order valence-corrected chi connectivity index (χ2v) is 6.87. The van der Waals surface area contributed by atoms with Crippen molar-refractivity contribution in [2.45, 2.75) is 18.4 Å². The van der Waals surface area contributed by atoms with Crippen molar-refractivity contribution < 1.29 is 34.0 Å². The average Bonchev–Trinajstić information content (AvgIpc) is 3.10. The van der Waals surface area contributed by atoms with Gasteiger partial charge in [-0.3, -0.25) is 0 Å². The normalized spacial score (nSPS) is 21.3. The molecule has 8 heteroatoms. The molecule has 1 aliphatic carbocycles. The molecule has 0 saturated carbocycles. The van der Waals surface area contributed by atoms with E-state index in [1.807, 2.05) is 12.1 Å². The molecular formula is C22H23NO7. The Labute approximate surface area is 173 Å². The maximum Gasteiger partial charge on any atom is 0.328 e. The molecule has 1 unspecified atom stereocenters. The van der Waals surface area contributed by atoms with E-state index in [0.717, 1.165) is 36.7 Å². The summed E-state index contributed by atoms with van der Waals surface area (Å²) in [4.78, 5) is 19.1. The molecule has 1 aromatic carbocycles. The molecule has 158 valence electrons. The van der Waals surface area contributed by atoms with Gasteiger partial charge in [0.25, 0.3) is 0 Å². The van der Waals surface area contributed by atoms with Crippen LogP contribution in [0.2, 0.25) is 0 Å². The maximum atomic E-state index is 9.55. The Balaban J connectivity index is 0.000000275. The largest absolute Gasteiger partial charge is 0.497 e. The number of carboxylic acids is 2. The predicted molar refractivity (Wildman–Crippen MR) is 108 cm³/mol. The van der Waals surface area contributed by atoms with Crippen molar-refractivity contribution in [1.82, 2.24) is 5.32 Å². The highest BCUT2D eigenvalue weighted by Crippen LogP contribution is 2.45. The number of hydrogen-bond donors (Lipinski definition) is 3. The van der Waals surface area contributed by atoms with Crippen LogP contribution in [-0.2, 0) is 25.5 Å². The quantitative estimate of drug-likeness (QED) is 0.645. The lowest BCUT2D eigenvalue weighted by Crippen LogP contribution is -2.49. The first-order valence-electron chi connectivity index (χ1n) is 9.25. The van der Waals surface area contributed by atoms with Crippen molar-refractivity contribution >= 4 is 11.9 Å². The minimum Gasteiger partial charge on any atom is -0.497 e. The van der Waals surface area contributed by atoms with Gasteiger partial charge in [-0.25, -0.2) is 9.59 Å². The summed E-state index contributed by atoms with van der Waals surface area (Å²) in [6.45, 7) is 0.760. The van der Waals surface area contributed by atoms with Gasteiger partial charge in [0.15, 0.2) is 11.4 Å². The van der Waals surface area contributed by atoms with Crippen LogP contribution < -0.4 is 10.1 Å². The van der Waals surface area contributed by atoms with Gasteiger partial charge >= 0.3 is 11.9 Å². The fourth-order valence-corrected chi connectivity index (χ4v) is 3.69. The van der Waals surface area contributed by atoms with Crippen molar-refractivity contribution in [3.05, 3.63) is 76.9 Å². The number of para-hydroxylation sites is 1. The van der Waals surface area contributed by atoms with Crippen molar-refractivity contribution in [2.75, 3.05) is 20.8 Å². The van der Waals surface area contributed by atoms with Gasteiger partial charge in [0.1, 0.15) is 11.5 Å². The third kappa shape index (κ3) is 4.32. The highest BCUT2D eigenvalue weighted by atomic mass is 16.5. The fraction of sp³-hybridized carbons (Fsp3) is 0.273. The molecule has 0 fully saturated rings. The van der Waals surface area contributed by atoms with Crippen LogP contribution >= 0.6 is 0 Å². The maximum absolute atomic E-state index is 9.55. The highest BCUT2D eigenvalue weighted by Gasteiger charge is 2.46. The van der Waals surface area contributed by atoms with Crippen LogP contribution in [0.4, 0.5) is 0 Å². The summed E-state index contributed by atoms with van der Waals surface area (Å²) in [7, 11) is 3.36. The zero-order chi connectivity index (χ0) is 21.7. The van der Waals surface area contributed by atoms with E-state index in [4.69, 9.17) is 24.4 Å². The standard InChI is InChI=1S/C18H19NO3.C4H4O4/c1-20-16-7-13-10-19-11-18(14(13)8-17(16)21-2)9-12-5-3-4-6-15(12)22-18;5-3(6)1-2-4(7)8/h3-6,8,10,19H,7,9,11H2,1-2H3;1-2H,(H,5,6)(H,7,8)/b;2-1-. The Kier molecular flexibility index (Phi) is 6.15. The summed E-state index contributed by atoms with van der Waals surface area (Å²) in [6, 6.07) is 8.26. The zero-order valence-corrected chi connectivity index (χ0v) is 16.7. The predicted octanol–water partition coefficient (Wildman–Crippen LogP) is 2.39. The van der Waals surface area contributed by atoms with Gasteiger partial charge in [-0.15, -0.1) is 0 Å². The van der Waals surface area contributed by atoms with Crippen molar-refractivity contribution in [3.8, 4) is 5.75 Å². The number of allylic oxidation sites excluding steroid dienone is 2. The Hall–Kier alpha value is -3.68. The van der Waals surface area contributed by atoms with Gasteiger partial charge in [-0.1, -0.05) is 18.2 Å². The van der Waals surface area contributed by atoms with Crippen LogP contribution in [-0.4, -0.2) is 48.5 Å². The second-order valence-electron chi connectivity index (χ2n) is 6.87. The molecule has 3 N–H and O–H groups in total. The SMILES string of the molecule is COC1=C(OC)CC2=CNCC3(Cc4ccccc4O3)C2=C1.O=C(O)/C=C\C(=O)O. The highest BCUT2D eigenvalue weighted by molar-refractivity contribution is 5.89. The minimum atomic E-state index is -1.26. The molecule has 2 heterocycles. The fourth-order valence-electron chi connectivity index (χ4n) is 3.69. The number of ether oxygens (including phenoxy) is 3. The van der Waals surface area contributed by atoms with Crippen LogP contribution in [0.3, 0.4) is 0 Å². The van der Waals surface area contributed by atoms with Gasteiger partial charge < -0.3 is 29.7 Å². The number of nitrogens with one attached hydrogen (secondary N) is 1. The Bertz CT molecular complexity index is 930. The number of aliphatic carboxylic acids is 2. The van der Waals surface area contributed by atoms with E-state index in [2.05, 4.69) is 29.7 Å². The Morgan fingerprint density at radius 2 is 1.83 bits per heavy atom. The van der Waals surface area contributed by atoms with Crippen LogP contribution in [0, 0.1) is 0 Å². The van der Waals surface area contributed by atoms with Gasteiger partial charge in [0, 0.05) is 36.8 Å². The van der Waals surface area contributed by atoms with E-state index in [1.165, 1.54) is 16.7 Å². The number of carboxylic acid groups (broad SMARTS) is 2. The molecule has 8 nitrogen and oxygen atoms in total. The number of benzene rings is 1. The van der Waals surface area contributed by atoms with Crippen molar-refractivity contribution in [2.24, 2.45) is 0 Å². The van der Waals surface area contributed by atoms with Crippen LogP contribution in [0.15, 0.2) is 71.4 Å². The molecule has 30 heavy (non-hydrogen) atoms. The molecule has 0 amide bonds. The molecule has 3 aliphatic rings. The first-order valence-corrected chi connectivity index (χ1v) is 9.25. The van der Waals surface area contributed by atoms with E-state index in [0.29, 0.717) is 12.2 Å². The van der Waals surface area contributed by atoms with E-state index in [-0.39, 0.29) is 5.60 Å².